The van der Waals surface area contributed by atoms with Gasteiger partial charge in [0.1, 0.15) is 5.65 Å². The Balaban J connectivity index is 2.87. The minimum Gasteiger partial charge on any atom is -0.347 e. The van der Waals surface area contributed by atoms with E-state index in [1.54, 1.807) is 12.3 Å². The van der Waals surface area contributed by atoms with Crippen LogP contribution in [0.4, 0.5) is 0 Å². The average Bonchev–Trinajstić information content (AvgIpc) is 2.49. The normalized spacial score (nSPS) is 11.3. The molecule has 2 rings (SSSR count). The molecule has 0 bridgehead atoms. The standard InChI is InChI=1S/C10H12N2O/c1-6(2)7-5-12-10-9(7)8(13)3-4-11-10/h3-6H,1-2H3,(H2,11,12,13). The molecule has 0 radical (unpaired) electrons. The minimum absolute atomic E-state index is 0.0821. The predicted octanol–water partition coefficient (Wildman–Crippen LogP) is 1.98. The highest BCUT2D eigenvalue weighted by atomic mass is 16.1. The van der Waals surface area contributed by atoms with Crippen LogP contribution in [0.3, 0.4) is 0 Å². The summed E-state index contributed by atoms with van der Waals surface area (Å²) < 4.78 is 0. The molecule has 0 spiro atoms. The van der Waals surface area contributed by atoms with Gasteiger partial charge in [0.2, 0.25) is 0 Å². The fourth-order valence-corrected chi connectivity index (χ4v) is 1.56. The first-order valence-corrected chi connectivity index (χ1v) is 4.39. The van der Waals surface area contributed by atoms with Gasteiger partial charge in [-0.2, -0.15) is 0 Å². The summed E-state index contributed by atoms with van der Waals surface area (Å²) in [5.41, 5.74) is 1.98. The Morgan fingerprint density at radius 3 is 2.77 bits per heavy atom. The van der Waals surface area contributed by atoms with Crippen LogP contribution in [-0.2, 0) is 0 Å². The first kappa shape index (κ1) is 8.10. The van der Waals surface area contributed by atoms with E-state index in [0.29, 0.717) is 5.92 Å². The molecule has 0 unspecified atom stereocenters. The number of aromatic amines is 2. The van der Waals surface area contributed by atoms with Crippen LogP contribution in [0.5, 0.6) is 0 Å². The Morgan fingerprint density at radius 1 is 1.31 bits per heavy atom. The Labute approximate surface area is 75.8 Å². The Bertz CT molecular complexity index is 479. The monoisotopic (exact) mass is 176 g/mol. The second-order valence-corrected chi connectivity index (χ2v) is 3.49. The summed E-state index contributed by atoms with van der Waals surface area (Å²) in [5.74, 6) is 0.372. The molecule has 0 aliphatic rings. The zero-order valence-electron chi connectivity index (χ0n) is 7.72. The molecule has 0 aromatic carbocycles. The summed E-state index contributed by atoms with van der Waals surface area (Å²) in [6, 6.07) is 1.56. The van der Waals surface area contributed by atoms with Crippen molar-refractivity contribution in [2.45, 2.75) is 19.8 Å². The lowest BCUT2D eigenvalue weighted by Crippen LogP contribution is -2.01. The fraction of sp³-hybridized carbons (Fsp3) is 0.300. The quantitative estimate of drug-likeness (QED) is 0.685. The highest BCUT2D eigenvalue weighted by Gasteiger charge is 2.09. The summed E-state index contributed by atoms with van der Waals surface area (Å²) in [5, 5.41) is 0.789. The lowest BCUT2D eigenvalue weighted by atomic mass is 10.0. The van der Waals surface area contributed by atoms with Crippen LogP contribution >= 0.6 is 0 Å². The molecule has 3 heteroatoms. The molecule has 68 valence electrons. The van der Waals surface area contributed by atoms with Crippen molar-refractivity contribution in [1.29, 1.82) is 0 Å². The maximum Gasteiger partial charge on any atom is 0.191 e. The number of aromatic nitrogens is 2. The van der Waals surface area contributed by atoms with E-state index in [0.717, 1.165) is 16.6 Å². The molecule has 3 nitrogen and oxygen atoms in total. The molecule has 0 atom stereocenters. The van der Waals surface area contributed by atoms with Crippen molar-refractivity contribution in [3.8, 4) is 0 Å². The summed E-state index contributed by atoms with van der Waals surface area (Å²) in [6.45, 7) is 4.16. The third-order valence-corrected chi connectivity index (χ3v) is 2.24. The molecule has 2 heterocycles. The topological polar surface area (TPSA) is 48.6 Å². The van der Waals surface area contributed by atoms with E-state index in [9.17, 15) is 4.79 Å². The first-order valence-electron chi connectivity index (χ1n) is 4.39. The Kier molecular flexibility index (Phi) is 1.72. The average molecular weight is 176 g/mol. The second kappa shape index (κ2) is 2.76. The van der Waals surface area contributed by atoms with Crippen molar-refractivity contribution in [3.05, 3.63) is 34.2 Å². The second-order valence-electron chi connectivity index (χ2n) is 3.49. The third-order valence-electron chi connectivity index (χ3n) is 2.24. The molecular weight excluding hydrogens is 164 g/mol. The van der Waals surface area contributed by atoms with Gasteiger partial charge in [-0.05, 0) is 11.5 Å². The molecule has 13 heavy (non-hydrogen) atoms. The van der Waals surface area contributed by atoms with Crippen molar-refractivity contribution in [3.63, 3.8) is 0 Å². The van der Waals surface area contributed by atoms with Crippen molar-refractivity contribution < 1.29 is 0 Å². The van der Waals surface area contributed by atoms with Crippen LogP contribution in [0.15, 0.2) is 23.3 Å². The van der Waals surface area contributed by atoms with Gasteiger partial charge in [0, 0.05) is 18.5 Å². The first-order chi connectivity index (χ1) is 6.20. The molecule has 2 N–H and O–H groups in total. The van der Waals surface area contributed by atoms with Crippen LogP contribution < -0.4 is 5.43 Å². The summed E-state index contributed by atoms with van der Waals surface area (Å²) in [6.07, 6.45) is 3.55. The smallest absolute Gasteiger partial charge is 0.191 e. The SMILES string of the molecule is CC(C)c1c[nH]c2[nH]ccc(=O)c12. The zero-order chi connectivity index (χ0) is 9.42. The number of nitrogens with one attached hydrogen (secondary N) is 2. The largest absolute Gasteiger partial charge is 0.347 e. The van der Waals surface area contributed by atoms with Crippen LogP contribution in [0, 0.1) is 0 Å². The molecule has 0 amide bonds. The van der Waals surface area contributed by atoms with E-state index < -0.39 is 0 Å². The highest BCUT2D eigenvalue weighted by Crippen LogP contribution is 2.20. The van der Waals surface area contributed by atoms with Gasteiger partial charge in [0.25, 0.3) is 0 Å². The zero-order valence-corrected chi connectivity index (χ0v) is 7.72. The number of hydrogen-bond acceptors (Lipinski definition) is 1. The van der Waals surface area contributed by atoms with E-state index in [-0.39, 0.29) is 5.43 Å². The van der Waals surface area contributed by atoms with Crippen LogP contribution in [0.2, 0.25) is 0 Å². The maximum atomic E-state index is 11.5. The lowest BCUT2D eigenvalue weighted by Gasteiger charge is -2.00. The molecule has 2 aromatic heterocycles. The van der Waals surface area contributed by atoms with E-state index in [4.69, 9.17) is 0 Å². The van der Waals surface area contributed by atoms with Gasteiger partial charge in [-0.1, -0.05) is 13.8 Å². The summed E-state index contributed by atoms with van der Waals surface area (Å²) in [7, 11) is 0. The van der Waals surface area contributed by atoms with E-state index >= 15 is 0 Å². The number of fused-ring (bicyclic) bond motifs is 1. The van der Waals surface area contributed by atoms with Gasteiger partial charge in [-0.25, -0.2) is 0 Å². The Hall–Kier alpha value is -1.51. The number of pyridine rings is 1. The van der Waals surface area contributed by atoms with Crippen LogP contribution in [0.25, 0.3) is 11.0 Å². The third kappa shape index (κ3) is 1.16. The van der Waals surface area contributed by atoms with Crippen molar-refractivity contribution in [1.82, 2.24) is 9.97 Å². The molecule has 2 aromatic rings. The van der Waals surface area contributed by atoms with E-state index in [1.165, 1.54) is 0 Å². The van der Waals surface area contributed by atoms with Crippen LogP contribution in [0.1, 0.15) is 25.3 Å². The minimum atomic E-state index is 0.0821. The molecule has 0 saturated heterocycles. The Morgan fingerprint density at radius 2 is 2.08 bits per heavy atom. The van der Waals surface area contributed by atoms with Gasteiger partial charge in [-0.3, -0.25) is 4.79 Å². The lowest BCUT2D eigenvalue weighted by molar-refractivity contribution is 0.875. The molecule has 0 aliphatic carbocycles. The molecule has 0 fully saturated rings. The molecular formula is C10H12N2O. The van der Waals surface area contributed by atoms with E-state index in [1.807, 2.05) is 6.20 Å². The number of H-pyrrole nitrogens is 2. The fourth-order valence-electron chi connectivity index (χ4n) is 1.56. The van der Waals surface area contributed by atoms with Gasteiger partial charge in [0.05, 0.1) is 5.39 Å². The van der Waals surface area contributed by atoms with Crippen molar-refractivity contribution in [2.24, 2.45) is 0 Å². The number of hydrogen-bond donors (Lipinski definition) is 2. The van der Waals surface area contributed by atoms with Crippen LogP contribution in [-0.4, -0.2) is 9.97 Å². The van der Waals surface area contributed by atoms with Gasteiger partial charge >= 0.3 is 0 Å². The van der Waals surface area contributed by atoms with Gasteiger partial charge < -0.3 is 9.97 Å². The summed E-state index contributed by atoms with van der Waals surface area (Å²) in [4.78, 5) is 17.6. The molecule has 0 aliphatic heterocycles. The van der Waals surface area contributed by atoms with Crippen molar-refractivity contribution in [2.75, 3.05) is 0 Å². The van der Waals surface area contributed by atoms with Crippen molar-refractivity contribution >= 4 is 11.0 Å². The summed E-state index contributed by atoms with van der Waals surface area (Å²) >= 11 is 0. The highest BCUT2D eigenvalue weighted by molar-refractivity contribution is 5.79. The van der Waals surface area contributed by atoms with Gasteiger partial charge in [-0.15, -0.1) is 0 Å². The predicted molar refractivity (Wildman–Crippen MR) is 53.0 cm³/mol. The number of rotatable bonds is 1. The van der Waals surface area contributed by atoms with E-state index in [2.05, 4.69) is 23.8 Å². The van der Waals surface area contributed by atoms with Gasteiger partial charge in [0.15, 0.2) is 5.43 Å². The molecule has 0 saturated carbocycles. The maximum absolute atomic E-state index is 11.5.